The minimum Gasteiger partial charge on any atom is -0.480 e. The molecule has 0 radical (unpaired) electrons. The number of hydrogen-bond donors (Lipinski definition) is 17. The first-order valence-electron chi connectivity index (χ1n) is 41.2. The van der Waals surface area contributed by atoms with Crippen LogP contribution in [0, 0.1) is 59.2 Å². The van der Waals surface area contributed by atoms with Crippen LogP contribution >= 0.6 is 24.4 Å². The van der Waals surface area contributed by atoms with E-state index >= 15 is 0 Å². The number of thiol groups is 1. The van der Waals surface area contributed by atoms with Crippen molar-refractivity contribution in [3.63, 3.8) is 0 Å². The van der Waals surface area contributed by atoms with Gasteiger partial charge in [0, 0.05) is 81.4 Å². The van der Waals surface area contributed by atoms with Crippen LogP contribution in [0.3, 0.4) is 0 Å². The van der Waals surface area contributed by atoms with Gasteiger partial charge in [-0.2, -0.15) is 24.4 Å². The molecule has 0 bridgehead atoms. The topological polar surface area (TPSA) is 580 Å². The molecule has 1 saturated heterocycles. The number of carboxylic acid groups (broad SMARTS) is 1. The van der Waals surface area contributed by atoms with E-state index in [2.05, 4.69) is 55.2 Å². The molecule has 1 aliphatic heterocycles. The molecule has 1 aliphatic rings. The molecule has 34 nitrogen and oxygen atoms in total. The van der Waals surface area contributed by atoms with E-state index in [4.69, 9.17) is 28.7 Å². The largest absolute Gasteiger partial charge is 0.480 e. The Morgan fingerprint density at radius 1 is 0.457 bits per heavy atom. The zero-order valence-electron chi connectivity index (χ0n) is 70.4. The molecule has 1 fully saturated rings. The van der Waals surface area contributed by atoms with Gasteiger partial charge in [-0.3, -0.25) is 76.7 Å². The maximum Gasteiger partial charge on any atom is 0.326 e. The van der Waals surface area contributed by atoms with Crippen molar-refractivity contribution in [3.05, 3.63) is 0 Å². The Labute approximate surface area is 694 Å². The summed E-state index contributed by atoms with van der Waals surface area (Å²) >= 11 is 5.53. The van der Waals surface area contributed by atoms with Crippen LogP contribution in [-0.4, -0.2) is 238 Å². The number of nitrogens with one attached hydrogen (secondary N) is 8. The van der Waals surface area contributed by atoms with Crippen molar-refractivity contribution < 1.29 is 96.8 Å². The van der Waals surface area contributed by atoms with Crippen LogP contribution in [0.2, 0.25) is 0 Å². The van der Waals surface area contributed by atoms with Gasteiger partial charge >= 0.3 is 5.97 Å². The normalized spacial score (nSPS) is 16.8. The summed E-state index contributed by atoms with van der Waals surface area (Å²) in [6, 6.07) is -11.1. The van der Waals surface area contributed by atoms with Crippen molar-refractivity contribution in [2.24, 2.45) is 87.8 Å². The lowest BCUT2D eigenvalue weighted by atomic mass is 9.87. The number of carbonyl (C=O) groups excluding carboxylic acids is 16. The molecule has 36 heteroatoms. The van der Waals surface area contributed by atoms with Crippen LogP contribution in [0.5, 0.6) is 0 Å². The van der Waals surface area contributed by atoms with Gasteiger partial charge in [0.1, 0.15) is 18.1 Å². The van der Waals surface area contributed by atoms with Crippen LogP contribution < -0.4 is 71.2 Å². The number of primary amides is 1. The predicted molar refractivity (Wildman–Crippen MR) is 443 cm³/mol. The van der Waals surface area contributed by atoms with E-state index in [1.54, 1.807) is 61.6 Å². The van der Waals surface area contributed by atoms with Crippen LogP contribution in [0.1, 0.15) is 224 Å². The number of aliphatic hydroxyl groups excluding tert-OH is 2. The second-order valence-corrected chi connectivity index (χ2v) is 33.7. The highest BCUT2D eigenvalue weighted by atomic mass is 32.2. The molecule has 21 N–H and O–H groups in total. The Morgan fingerprint density at radius 3 is 1.30 bits per heavy atom. The van der Waals surface area contributed by atoms with Crippen molar-refractivity contribution in [1.82, 2.24) is 47.4 Å². The lowest BCUT2D eigenvalue weighted by molar-refractivity contribution is -0.145. The number of amides is 10. The SMILES string of the molecule is CSCC[C@H](NC(=O)[C@@H]1CCCN1C(=O)[C@@H](NC(=O)[C@@H](CC(=O)[C@H](CC(N)=O)NC(=O)[C@H](CCCCN)CC(=O)[C@H](CCCCN)NC(=O)[C@H](CCCCN)CC(=O)[C@H](CCCCN)NC(=O)[C@H](CO)CC(=O)[C@H](CS)NC(C)=O)CC(C)C)C(C)C)C(=O)C[C@H](C(=O)N[C@@H](C)C(=O)C[C@H](C(=O)N[C@H](C(=O)O)C(C)C)[C@H](C)O)C(C)C. The summed E-state index contributed by atoms with van der Waals surface area (Å²) in [5.74, 6) is -21.0. The molecule has 0 aliphatic carbocycles. The molecule has 0 unspecified atom stereocenters. The summed E-state index contributed by atoms with van der Waals surface area (Å²) in [6.07, 6.45) is 1.03. The maximum atomic E-state index is 14.8. The molecule has 116 heavy (non-hydrogen) atoms. The highest BCUT2D eigenvalue weighted by molar-refractivity contribution is 7.98. The maximum absolute atomic E-state index is 14.8. The van der Waals surface area contributed by atoms with Gasteiger partial charge < -0.3 is 91.4 Å². The number of thioether (sulfide) groups is 1. The third-order valence-corrected chi connectivity index (χ3v) is 22.0. The van der Waals surface area contributed by atoms with Gasteiger partial charge in [0.05, 0.1) is 67.2 Å². The van der Waals surface area contributed by atoms with Gasteiger partial charge in [0.2, 0.25) is 59.1 Å². The molecule has 10 amide bonds. The number of aliphatic hydroxyl groups is 2. The molecule has 0 aromatic carbocycles. The molecule has 1 heterocycles. The number of nitrogens with two attached hydrogens (primary N) is 5. The molecular formula is C80H140N14O20S2. The predicted octanol–water partition coefficient (Wildman–Crippen LogP) is 0.894. The van der Waals surface area contributed by atoms with Crippen molar-refractivity contribution in [2.75, 3.05) is 57.1 Å². The minimum absolute atomic E-state index is 0.0457. The van der Waals surface area contributed by atoms with Crippen molar-refractivity contribution >= 4 is 124 Å². The fraction of sp³-hybridized carbons (Fsp3) is 0.787. The first kappa shape index (κ1) is 107. The van der Waals surface area contributed by atoms with Gasteiger partial charge in [-0.1, -0.05) is 68.2 Å². The smallest absolute Gasteiger partial charge is 0.326 e. The first-order chi connectivity index (χ1) is 54.6. The molecule has 0 spiro atoms. The zero-order valence-corrected chi connectivity index (χ0v) is 72.1. The van der Waals surface area contributed by atoms with E-state index in [9.17, 15) is 96.8 Å². The fourth-order valence-electron chi connectivity index (χ4n) is 13.9. The molecule has 0 saturated carbocycles. The zero-order chi connectivity index (χ0) is 88.2. The highest BCUT2D eigenvalue weighted by Crippen LogP contribution is 2.28. The monoisotopic (exact) mass is 1680 g/mol. The number of aliphatic carboxylic acids is 1. The highest BCUT2D eigenvalue weighted by Gasteiger charge is 2.43. The first-order valence-corrected chi connectivity index (χ1v) is 43.2. The average Bonchev–Trinajstić information content (AvgIpc) is 1.62. The molecule has 1 rings (SSSR count). The van der Waals surface area contributed by atoms with E-state index < -0.39 is 259 Å². The number of Topliss-reactive ketones (excluding diaryl/α,β-unsaturated/α-hetero) is 6. The van der Waals surface area contributed by atoms with E-state index in [0.717, 1.165) is 0 Å². The number of likely N-dealkylation sites (tertiary alicyclic amines) is 1. The van der Waals surface area contributed by atoms with E-state index in [-0.39, 0.29) is 95.8 Å². The third-order valence-electron chi connectivity index (χ3n) is 21.0. The van der Waals surface area contributed by atoms with Gasteiger partial charge in [-0.15, -0.1) is 0 Å². The second kappa shape index (κ2) is 56.9. The van der Waals surface area contributed by atoms with E-state index in [1.807, 2.05) is 0 Å². The van der Waals surface area contributed by atoms with Gasteiger partial charge in [0.15, 0.2) is 34.7 Å². The summed E-state index contributed by atoms with van der Waals surface area (Å²) in [6.45, 7) is 17.6. The van der Waals surface area contributed by atoms with Crippen LogP contribution in [0.4, 0.5) is 0 Å². The molecule has 16 atom stereocenters. The lowest BCUT2D eigenvalue weighted by Gasteiger charge is -2.32. The minimum atomic E-state index is -1.62. The second-order valence-electron chi connectivity index (χ2n) is 32.3. The van der Waals surface area contributed by atoms with Crippen LogP contribution in [0.15, 0.2) is 0 Å². The Morgan fingerprint density at radius 2 is 0.871 bits per heavy atom. The van der Waals surface area contributed by atoms with E-state index in [1.165, 1.54) is 37.4 Å². The Hall–Kier alpha value is -7.35. The standard InChI is InChI=1S/C80H140N14O20S2/c1-44(2)34-53(74(107)92-70(46(5)6)79(112)94-32-21-26-62(94)78(111)90-59(27-33-116-12)68(103)39-55(45(3)4)76(109)86-48(9)63(98)40-56(49(10)96)77(110)93-71(47(7)8)80(113)114)37-66(101)60(41-69(85)104)91-73(106)52(23-14-18-29-82)36-64(99)57(24-15-19-30-83)88-72(105)51(22-13-17-28-81)35-65(100)58(25-16-20-31-84)89-75(108)54(42-95)38-67(102)61(43-115)87-50(11)97/h44-49,51-62,70-71,95-96,115H,13-43,81-84H2,1-12H3,(H2,85,104)(H,86,109)(H,87,97)(H,88,105)(H,89,108)(H,90,111)(H,91,106)(H,92,107)(H,93,110)(H,113,114)/t48-,49-,51+,52+,53+,54-,55-,56-,57-,58-,59-,60-,61-,62-,70-,71-/m0/s1. The summed E-state index contributed by atoms with van der Waals surface area (Å²) in [4.78, 5) is 237. The molecule has 662 valence electrons. The summed E-state index contributed by atoms with van der Waals surface area (Å²) in [5.41, 5.74) is 29.1. The Balaban J connectivity index is 3.61. The fourth-order valence-corrected chi connectivity index (χ4v) is 14.6. The van der Waals surface area contributed by atoms with Crippen molar-refractivity contribution in [3.8, 4) is 0 Å². The molecular weight excluding hydrogens is 1540 g/mol. The lowest BCUT2D eigenvalue weighted by Crippen LogP contribution is -2.57. The number of hydrogen-bond acceptors (Lipinski definition) is 25. The number of carbonyl (C=O) groups is 17. The van der Waals surface area contributed by atoms with Gasteiger partial charge in [-0.25, -0.2) is 4.79 Å². The quantitative estimate of drug-likeness (QED) is 0.0297. The molecule has 0 aromatic rings. The average molecular weight is 1680 g/mol. The number of rotatable bonds is 64. The Kier molecular flexibility index (Phi) is 52.3. The number of ketones is 6. The van der Waals surface area contributed by atoms with Crippen molar-refractivity contribution in [1.29, 1.82) is 0 Å². The van der Waals surface area contributed by atoms with Gasteiger partial charge in [-0.05, 0) is 166 Å². The van der Waals surface area contributed by atoms with Gasteiger partial charge in [0.25, 0.3) is 0 Å². The van der Waals surface area contributed by atoms with Crippen LogP contribution in [-0.2, 0) is 81.5 Å². The van der Waals surface area contributed by atoms with Crippen LogP contribution in [0.25, 0.3) is 0 Å². The van der Waals surface area contributed by atoms with E-state index in [0.29, 0.717) is 63.5 Å². The Bertz CT molecular complexity index is 3220. The number of nitrogens with zero attached hydrogens (tertiary/aromatic N) is 1. The van der Waals surface area contributed by atoms with Crippen molar-refractivity contribution in [2.45, 2.75) is 284 Å². The summed E-state index contributed by atoms with van der Waals surface area (Å²) in [7, 11) is 0. The number of unbranched alkanes of at least 4 members (excludes halogenated alkanes) is 4. The summed E-state index contributed by atoms with van der Waals surface area (Å²) < 4.78 is 0. The number of carboxylic acids is 1. The third kappa shape index (κ3) is 39.0. The summed E-state index contributed by atoms with van der Waals surface area (Å²) in [5, 5.41) is 51.6. The molecule has 0 aromatic heterocycles.